The molecule has 0 aliphatic carbocycles. The monoisotopic (exact) mass is 398 g/mol. The van der Waals surface area contributed by atoms with E-state index < -0.39 is 11.7 Å². The van der Waals surface area contributed by atoms with E-state index in [9.17, 15) is 9.59 Å². The number of nitrogens with one attached hydrogen (secondary N) is 1. The Balaban J connectivity index is 1.83. The summed E-state index contributed by atoms with van der Waals surface area (Å²) >= 11 is 5.85. The van der Waals surface area contributed by atoms with Crippen LogP contribution in [-0.2, 0) is 4.79 Å². The highest BCUT2D eigenvalue weighted by atomic mass is 35.5. The van der Waals surface area contributed by atoms with Gasteiger partial charge in [-0.3, -0.25) is 4.79 Å². The van der Waals surface area contributed by atoms with Crippen LogP contribution in [0.5, 0.6) is 5.75 Å². The average molecular weight is 399 g/mol. The topological polar surface area (TPSA) is 86.1 Å². The van der Waals surface area contributed by atoms with Crippen LogP contribution in [0, 0.1) is 0 Å². The molecular formula is C20H19ClN4O3. The molecule has 144 valence electrons. The standard InChI is InChI=1S/C20H19ClN4O3/c1-3-18(19(26)23-15-8-6-14(21)7-9-15)25-20(27)24-17(12-22-25)13-4-10-16(28-2)11-5-13/h4-12,18H,3H2,1-2H3,(H,23,26)/t18-/m1/s1. The number of anilines is 1. The Morgan fingerprint density at radius 1 is 1.18 bits per heavy atom. The first-order chi connectivity index (χ1) is 13.5. The van der Waals surface area contributed by atoms with Gasteiger partial charge in [-0.25, -0.2) is 9.48 Å². The lowest BCUT2D eigenvalue weighted by Crippen LogP contribution is -2.36. The second-order valence-electron chi connectivity index (χ2n) is 6.02. The molecule has 1 atom stereocenters. The third-order valence-corrected chi connectivity index (χ3v) is 4.45. The summed E-state index contributed by atoms with van der Waals surface area (Å²) in [5.41, 5.74) is 1.16. The van der Waals surface area contributed by atoms with Gasteiger partial charge in [-0.05, 0) is 55.0 Å². The molecule has 0 aliphatic heterocycles. The third-order valence-electron chi connectivity index (χ3n) is 4.20. The summed E-state index contributed by atoms with van der Waals surface area (Å²) in [7, 11) is 1.58. The fraction of sp³-hybridized carbons (Fsp3) is 0.200. The van der Waals surface area contributed by atoms with Crippen molar-refractivity contribution in [2.45, 2.75) is 19.4 Å². The molecule has 1 N–H and O–H groups in total. The SMILES string of the molecule is CC[C@H](C(=O)Nc1ccc(Cl)cc1)n1ncc(-c2ccc(OC)cc2)nc1=O. The van der Waals surface area contributed by atoms with Crippen molar-refractivity contribution >= 4 is 23.2 Å². The van der Waals surface area contributed by atoms with Crippen LogP contribution in [0.2, 0.25) is 5.02 Å². The predicted molar refractivity (Wildman–Crippen MR) is 108 cm³/mol. The molecular weight excluding hydrogens is 380 g/mol. The highest BCUT2D eigenvalue weighted by molar-refractivity contribution is 6.30. The number of methoxy groups -OCH3 is 1. The number of nitrogens with zero attached hydrogens (tertiary/aromatic N) is 3. The summed E-state index contributed by atoms with van der Waals surface area (Å²) < 4.78 is 6.22. The molecule has 8 heteroatoms. The van der Waals surface area contributed by atoms with Gasteiger partial charge in [-0.1, -0.05) is 18.5 Å². The first-order valence-corrected chi connectivity index (χ1v) is 9.06. The van der Waals surface area contributed by atoms with Crippen molar-refractivity contribution in [3.8, 4) is 17.0 Å². The molecule has 1 amide bonds. The maximum Gasteiger partial charge on any atom is 0.365 e. The lowest BCUT2D eigenvalue weighted by Gasteiger charge is -2.16. The average Bonchev–Trinajstić information content (AvgIpc) is 2.71. The molecule has 1 heterocycles. The number of ether oxygens (including phenoxy) is 1. The number of hydrogen-bond acceptors (Lipinski definition) is 5. The van der Waals surface area contributed by atoms with E-state index in [0.717, 1.165) is 10.2 Å². The van der Waals surface area contributed by atoms with Gasteiger partial charge in [-0.15, -0.1) is 0 Å². The zero-order chi connectivity index (χ0) is 20.1. The molecule has 0 spiro atoms. The number of hydrogen-bond donors (Lipinski definition) is 1. The highest BCUT2D eigenvalue weighted by Gasteiger charge is 2.22. The first-order valence-electron chi connectivity index (χ1n) is 8.68. The number of rotatable bonds is 6. The molecule has 0 saturated heterocycles. The Labute approximate surface area is 166 Å². The minimum atomic E-state index is -0.777. The molecule has 3 rings (SSSR count). The molecule has 7 nitrogen and oxygen atoms in total. The lowest BCUT2D eigenvalue weighted by atomic mass is 10.1. The van der Waals surface area contributed by atoms with Crippen molar-refractivity contribution < 1.29 is 9.53 Å². The van der Waals surface area contributed by atoms with Crippen LogP contribution in [0.3, 0.4) is 0 Å². The van der Waals surface area contributed by atoms with Gasteiger partial charge in [0.05, 0.1) is 19.0 Å². The first kappa shape index (κ1) is 19.6. The van der Waals surface area contributed by atoms with Crippen LogP contribution in [0.25, 0.3) is 11.3 Å². The van der Waals surface area contributed by atoms with Gasteiger partial charge >= 0.3 is 5.69 Å². The molecule has 2 aromatic carbocycles. The molecule has 0 radical (unpaired) electrons. The van der Waals surface area contributed by atoms with Crippen LogP contribution >= 0.6 is 11.6 Å². The Bertz CT molecular complexity index is 1020. The molecule has 0 unspecified atom stereocenters. The fourth-order valence-electron chi connectivity index (χ4n) is 2.69. The maximum atomic E-state index is 12.6. The van der Waals surface area contributed by atoms with Crippen molar-refractivity contribution in [3.63, 3.8) is 0 Å². The zero-order valence-electron chi connectivity index (χ0n) is 15.4. The molecule has 0 aliphatic rings. The van der Waals surface area contributed by atoms with E-state index >= 15 is 0 Å². The molecule has 0 fully saturated rings. The summed E-state index contributed by atoms with van der Waals surface area (Å²) in [5, 5.41) is 7.51. The summed E-state index contributed by atoms with van der Waals surface area (Å²) in [6.45, 7) is 1.80. The predicted octanol–water partition coefficient (Wildman–Crippen LogP) is 3.56. The maximum absolute atomic E-state index is 12.6. The van der Waals surface area contributed by atoms with E-state index in [-0.39, 0.29) is 5.91 Å². The normalized spacial score (nSPS) is 11.7. The molecule has 0 bridgehead atoms. The Kier molecular flexibility index (Phi) is 6.06. The second kappa shape index (κ2) is 8.67. The number of amides is 1. The van der Waals surface area contributed by atoms with Crippen LogP contribution in [0.4, 0.5) is 5.69 Å². The van der Waals surface area contributed by atoms with Gasteiger partial charge in [0.15, 0.2) is 0 Å². The summed E-state index contributed by atoms with van der Waals surface area (Å²) in [6, 6.07) is 13.1. The minimum absolute atomic E-state index is 0.349. The third kappa shape index (κ3) is 4.37. The van der Waals surface area contributed by atoms with Crippen molar-refractivity contribution in [3.05, 3.63) is 70.2 Å². The summed E-state index contributed by atoms with van der Waals surface area (Å²) in [4.78, 5) is 29.2. The number of aromatic nitrogens is 3. The van der Waals surface area contributed by atoms with Crippen LogP contribution in [0.1, 0.15) is 19.4 Å². The highest BCUT2D eigenvalue weighted by Crippen LogP contribution is 2.20. The lowest BCUT2D eigenvalue weighted by molar-refractivity contribution is -0.119. The Morgan fingerprint density at radius 2 is 1.86 bits per heavy atom. The Hall–Kier alpha value is -3.19. The van der Waals surface area contributed by atoms with Crippen molar-refractivity contribution in [1.29, 1.82) is 0 Å². The minimum Gasteiger partial charge on any atom is -0.497 e. The van der Waals surface area contributed by atoms with Crippen molar-refractivity contribution in [2.75, 3.05) is 12.4 Å². The van der Waals surface area contributed by atoms with E-state index in [1.165, 1.54) is 6.20 Å². The Morgan fingerprint density at radius 3 is 2.43 bits per heavy atom. The molecule has 0 saturated carbocycles. The molecule has 28 heavy (non-hydrogen) atoms. The van der Waals surface area contributed by atoms with Crippen LogP contribution in [0.15, 0.2) is 59.5 Å². The molecule has 3 aromatic rings. The number of benzene rings is 2. The summed E-state index contributed by atoms with van der Waals surface area (Å²) in [5.74, 6) is 0.355. The van der Waals surface area contributed by atoms with Crippen molar-refractivity contribution in [1.82, 2.24) is 14.8 Å². The van der Waals surface area contributed by atoms with E-state index in [4.69, 9.17) is 16.3 Å². The van der Waals surface area contributed by atoms with Gasteiger partial charge in [0.2, 0.25) is 5.91 Å². The van der Waals surface area contributed by atoms with E-state index in [1.807, 2.05) is 0 Å². The van der Waals surface area contributed by atoms with E-state index in [1.54, 1.807) is 62.6 Å². The molecule has 1 aromatic heterocycles. The zero-order valence-corrected chi connectivity index (χ0v) is 16.2. The van der Waals surface area contributed by atoms with E-state index in [0.29, 0.717) is 28.6 Å². The number of carbonyl (C=O) groups is 1. The quantitative estimate of drug-likeness (QED) is 0.686. The largest absolute Gasteiger partial charge is 0.497 e. The van der Waals surface area contributed by atoms with Gasteiger partial charge < -0.3 is 10.1 Å². The van der Waals surface area contributed by atoms with Crippen LogP contribution in [-0.4, -0.2) is 27.8 Å². The van der Waals surface area contributed by atoms with Crippen molar-refractivity contribution in [2.24, 2.45) is 0 Å². The van der Waals surface area contributed by atoms with Gasteiger partial charge in [0.25, 0.3) is 0 Å². The summed E-state index contributed by atoms with van der Waals surface area (Å²) in [6.07, 6.45) is 1.86. The number of halogens is 1. The smallest absolute Gasteiger partial charge is 0.365 e. The van der Waals surface area contributed by atoms with Gasteiger partial charge in [-0.2, -0.15) is 10.1 Å². The number of carbonyl (C=O) groups excluding carboxylic acids is 1. The fourth-order valence-corrected chi connectivity index (χ4v) is 2.82. The van der Waals surface area contributed by atoms with Gasteiger partial charge in [0, 0.05) is 16.3 Å². The second-order valence-corrected chi connectivity index (χ2v) is 6.45. The van der Waals surface area contributed by atoms with E-state index in [2.05, 4.69) is 15.4 Å². The van der Waals surface area contributed by atoms with Gasteiger partial charge in [0.1, 0.15) is 11.8 Å². The van der Waals surface area contributed by atoms with Crippen LogP contribution < -0.4 is 15.7 Å².